The molecule has 3 nitrogen and oxygen atoms in total. The van der Waals surface area contributed by atoms with Gasteiger partial charge in [0.05, 0.1) is 16.9 Å². The van der Waals surface area contributed by atoms with Crippen molar-refractivity contribution in [2.45, 2.75) is 6.92 Å². The van der Waals surface area contributed by atoms with Gasteiger partial charge in [0.1, 0.15) is 0 Å². The monoisotopic (exact) mass is 373 g/mol. The van der Waals surface area contributed by atoms with Gasteiger partial charge in [-0.1, -0.05) is 60.2 Å². The van der Waals surface area contributed by atoms with E-state index in [2.05, 4.69) is 71.5 Å². The highest BCUT2D eigenvalue weighted by molar-refractivity contribution is 5.98. The number of nitrogens with zero attached hydrogens (tertiary/aromatic N) is 3. The molecule has 5 rings (SSSR count). The van der Waals surface area contributed by atoms with E-state index >= 15 is 0 Å². The van der Waals surface area contributed by atoms with Gasteiger partial charge in [0, 0.05) is 40.7 Å². The molecule has 0 saturated heterocycles. The zero-order valence-electron chi connectivity index (χ0n) is 16.1. The molecule has 0 saturated carbocycles. The molecule has 5 aromatic rings. The molecule has 3 heteroatoms. The molecule has 0 aliphatic carbocycles. The second-order valence-corrected chi connectivity index (χ2v) is 7.08. The second kappa shape index (κ2) is 7.28. The van der Waals surface area contributed by atoms with Gasteiger partial charge >= 0.3 is 0 Å². The molecular formula is C26H19N3. The average Bonchev–Trinajstić information content (AvgIpc) is 2.79. The molecule has 0 N–H and O–H groups in total. The molecule has 0 aliphatic rings. The Kier molecular flexibility index (Phi) is 4.34. The van der Waals surface area contributed by atoms with E-state index in [1.165, 1.54) is 5.56 Å². The van der Waals surface area contributed by atoms with Crippen LogP contribution in [0.2, 0.25) is 0 Å². The molecule has 0 spiro atoms. The molecule has 0 fully saturated rings. The van der Waals surface area contributed by atoms with Crippen LogP contribution in [0.3, 0.4) is 0 Å². The number of rotatable bonds is 3. The Balaban J connectivity index is 1.82. The van der Waals surface area contributed by atoms with Gasteiger partial charge < -0.3 is 0 Å². The molecule has 3 aromatic heterocycles. The number of hydrogen-bond donors (Lipinski definition) is 0. The highest BCUT2D eigenvalue weighted by atomic mass is 14.7. The lowest BCUT2D eigenvalue weighted by Gasteiger charge is -2.13. The summed E-state index contributed by atoms with van der Waals surface area (Å²) in [5.74, 6) is 0. The number of aryl methyl sites for hydroxylation is 1. The summed E-state index contributed by atoms with van der Waals surface area (Å²) in [7, 11) is 0. The Morgan fingerprint density at radius 3 is 2.10 bits per heavy atom. The van der Waals surface area contributed by atoms with E-state index < -0.39 is 0 Å². The van der Waals surface area contributed by atoms with Crippen molar-refractivity contribution < 1.29 is 0 Å². The molecule has 0 atom stereocenters. The van der Waals surface area contributed by atoms with E-state index in [1.807, 2.05) is 30.5 Å². The maximum Gasteiger partial charge on any atom is 0.0797 e. The van der Waals surface area contributed by atoms with E-state index in [1.54, 1.807) is 12.4 Å². The third-order valence-corrected chi connectivity index (χ3v) is 5.11. The second-order valence-electron chi connectivity index (χ2n) is 7.08. The van der Waals surface area contributed by atoms with Crippen LogP contribution >= 0.6 is 0 Å². The minimum Gasteiger partial charge on any atom is -0.265 e. The molecule has 0 unspecified atom stereocenters. The number of fused-ring (bicyclic) bond motifs is 1. The smallest absolute Gasteiger partial charge is 0.0797 e. The summed E-state index contributed by atoms with van der Waals surface area (Å²) in [6.07, 6.45) is 5.41. The fraction of sp³-hybridized carbons (Fsp3) is 0.0385. The number of pyridine rings is 3. The van der Waals surface area contributed by atoms with E-state index in [0.29, 0.717) is 0 Å². The largest absolute Gasteiger partial charge is 0.265 e. The number of benzene rings is 2. The van der Waals surface area contributed by atoms with Crippen LogP contribution in [0.1, 0.15) is 5.56 Å². The number of aromatic nitrogens is 3. The van der Waals surface area contributed by atoms with E-state index in [0.717, 1.165) is 44.5 Å². The summed E-state index contributed by atoms with van der Waals surface area (Å²) in [6, 6.07) is 27.1. The Bertz CT molecular complexity index is 1280. The number of hydrogen-bond acceptors (Lipinski definition) is 3. The molecule has 138 valence electrons. The summed E-state index contributed by atoms with van der Waals surface area (Å²) in [4.78, 5) is 13.9. The SMILES string of the molecule is Cc1ccc(-c2nc3ccnc(-c4ccncc4)c3cc2-c2ccccc2)cc1. The zero-order chi connectivity index (χ0) is 19.6. The van der Waals surface area contributed by atoms with Crippen molar-refractivity contribution >= 4 is 10.9 Å². The van der Waals surface area contributed by atoms with Crippen molar-refractivity contribution in [1.29, 1.82) is 0 Å². The van der Waals surface area contributed by atoms with Crippen LogP contribution in [0.4, 0.5) is 0 Å². The maximum atomic E-state index is 5.08. The summed E-state index contributed by atoms with van der Waals surface area (Å²) in [6.45, 7) is 2.10. The first-order valence-corrected chi connectivity index (χ1v) is 9.62. The molecule has 0 amide bonds. The molecule has 0 aliphatic heterocycles. The molecule has 3 heterocycles. The van der Waals surface area contributed by atoms with Crippen LogP contribution in [-0.4, -0.2) is 15.0 Å². The minimum atomic E-state index is 0.921. The summed E-state index contributed by atoms with van der Waals surface area (Å²) >= 11 is 0. The van der Waals surface area contributed by atoms with E-state index in [4.69, 9.17) is 4.98 Å². The Morgan fingerprint density at radius 1 is 0.621 bits per heavy atom. The fourth-order valence-electron chi connectivity index (χ4n) is 3.61. The summed E-state index contributed by atoms with van der Waals surface area (Å²) < 4.78 is 0. The lowest BCUT2D eigenvalue weighted by atomic mass is 9.96. The van der Waals surface area contributed by atoms with Gasteiger partial charge in [-0.2, -0.15) is 0 Å². The highest BCUT2D eigenvalue weighted by Gasteiger charge is 2.14. The van der Waals surface area contributed by atoms with Gasteiger partial charge in [-0.25, -0.2) is 4.98 Å². The maximum absolute atomic E-state index is 5.08. The first-order valence-electron chi connectivity index (χ1n) is 9.62. The van der Waals surface area contributed by atoms with Gasteiger partial charge in [0.25, 0.3) is 0 Å². The molecule has 2 aromatic carbocycles. The van der Waals surface area contributed by atoms with Gasteiger partial charge in [-0.05, 0) is 36.8 Å². The topological polar surface area (TPSA) is 38.7 Å². The first kappa shape index (κ1) is 17.3. The third-order valence-electron chi connectivity index (χ3n) is 5.11. The molecular weight excluding hydrogens is 354 g/mol. The van der Waals surface area contributed by atoms with Gasteiger partial charge in [-0.3, -0.25) is 9.97 Å². The Labute approximate surface area is 169 Å². The summed E-state index contributed by atoms with van der Waals surface area (Å²) in [5, 5.41) is 1.04. The van der Waals surface area contributed by atoms with Crippen molar-refractivity contribution in [2.75, 3.05) is 0 Å². The first-order chi connectivity index (χ1) is 14.3. The van der Waals surface area contributed by atoms with Crippen LogP contribution in [0.25, 0.3) is 44.5 Å². The van der Waals surface area contributed by atoms with Crippen molar-refractivity contribution in [1.82, 2.24) is 15.0 Å². The van der Waals surface area contributed by atoms with Gasteiger partial charge in [0.15, 0.2) is 0 Å². The fourth-order valence-corrected chi connectivity index (χ4v) is 3.61. The van der Waals surface area contributed by atoms with Gasteiger partial charge in [0.2, 0.25) is 0 Å². The quantitative estimate of drug-likeness (QED) is 0.371. The van der Waals surface area contributed by atoms with Crippen molar-refractivity contribution in [3.05, 3.63) is 103 Å². The molecule has 0 bridgehead atoms. The predicted molar refractivity (Wildman–Crippen MR) is 118 cm³/mol. The molecule has 0 radical (unpaired) electrons. The Morgan fingerprint density at radius 2 is 1.34 bits per heavy atom. The predicted octanol–water partition coefficient (Wildman–Crippen LogP) is 6.33. The highest BCUT2D eigenvalue weighted by Crippen LogP contribution is 2.36. The lowest BCUT2D eigenvalue weighted by Crippen LogP contribution is -1.94. The summed E-state index contributed by atoms with van der Waals surface area (Å²) in [5.41, 5.74) is 8.46. The zero-order valence-corrected chi connectivity index (χ0v) is 16.1. The van der Waals surface area contributed by atoms with Crippen molar-refractivity contribution in [3.63, 3.8) is 0 Å². The Hall–Kier alpha value is -3.85. The molecule has 29 heavy (non-hydrogen) atoms. The van der Waals surface area contributed by atoms with Crippen LogP contribution in [0.15, 0.2) is 97.5 Å². The normalized spacial score (nSPS) is 10.9. The van der Waals surface area contributed by atoms with E-state index in [-0.39, 0.29) is 0 Å². The van der Waals surface area contributed by atoms with Crippen molar-refractivity contribution in [2.24, 2.45) is 0 Å². The minimum absolute atomic E-state index is 0.921. The van der Waals surface area contributed by atoms with E-state index in [9.17, 15) is 0 Å². The average molecular weight is 373 g/mol. The third kappa shape index (κ3) is 3.27. The standard InChI is InChI=1S/C26H19N3/c1-18-7-9-20(10-8-18)26-22(19-5-3-2-4-6-19)17-23-24(29-26)13-16-28-25(23)21-11-14-27-15-12-21/h2-17H,1H3. The van der Waals surface area contributed by atoms with Crippen LogP contribution in [-0.2, 0) is 0 Å². The van der Waals surface area contributed by atoms with Crippen molar-refractivity contribution in [3.8, 4) is 33.6 Å². The van der Waals surface area contributed by atoms with Gasteiger partial charge in [-0.15, -0.1) is 0 Å². The van der Waals surface area contributed by atoms with Crippen LogP contribution in [0, 0.1) is 6.92 Å². The lowest BCUT2D eigenvalue weighted by molar-refractivity contribution is 1.29. The van der Waals surface area contributed by atoms with Crippen LogP contribution in [0.5, 0.6) is 0 Å². The van der Waals surface area contributed by atoms with Crippen LogP contribution < -0.4 is 0 Å².